The highest BCUT2D eigenvalue weighted by molar-refractivity contribution is 5.85. The number of rotatable bonds is 1. The van der Waals surface area contributed by atoms with Crippen LogP contribution in [-0.4, -0.2) is 6.21 Å². The summed E-state index contributed by atoms with van der Waals surface area (Å²) in [6.45, 7) is 2.17. The van der Waals surface area contributed by atoms with Crippen LogP contribution < -0.4 is 0 Å². The van der Waals surface area contributed by atoms with Gasteiger partial charge in [-0.1, -0.05) is 31.2 Å². The molecule has 1 unspecified atom stereocenters. The maximum Gasteiger partial charge on any atom is 0.0752 e. The SMILES string of the molecule is CCC1N=Cc2ccccc21. The van der Waals surface area contributed by atoms with Crippen LogP contribution in [0.25, 0.3) is 0 Å². The van der Waals surface area contributed by atoms with E-state index in [0.717, 1.165) is 6.42 Å². The quantitative estimate of drug-likeness (QED) is 0.576. The maximum atomic E-state index is 4.40. The summed E-state index contributed by atoms with van der Waals surface area (Å²) >= 11 is 0. The minimum atomic E-state index is 0.422. The van der Waals surface area contributed by atoms with Gasteiger partial charge in [0.1, 0.15) is 0 Å². The first-order chi connectivity index (χ1) is 5.42. The van der Waals surface area contributed by atoms with Gasteiger partial charge in [0, 0.05) is 6.21 Å². The average molecular weight is 145 g/mol. The molecule has 1 aliphatic heterocycles. The van der Waals surface area contributed by atoms with Gasteiger partial charge in [-0.05, 0) is 17.5 Å². The van der Waals surface area contributed by atoms with Crippen molar-refractivity contribution in [2.45, 2.75) is 19.4 Å². The third-order valence-corrected chi connectivity index (χ3v) is 2.14. The Morgan fingerprint density at radius 1 is 1.36 bits per heavy atom. The summed E-state index contributed by atoms with van der Waals surface area (Å²) in [6.07, 6.45) is 3.08. The highest BCUT2D eigenvalue weighted by Crippen LogP contribution is 2.27. The fourth-order valence-electron chi connectivity index (χ4n) is 1.51. The summed E-state index contributed by atoms with van der Waals surface area (Å²) in [6, 6.07) is 8.84. The molecule has 0 N–H and O–H groups in total. The molecule has 1 nitrogen and oxygen atoms in total. The van der Waals surface area contributed by atoms with Gasteiger partial charge in [-0.3, -0.25) is 4.99 Å². The number of hydrogen-bond donors (Lipinski definition) is 0. The number of benzene rings is 1. The lowest BCUT2D eigenvalue weighted by atomic mass is 10.0. The lowest BCUT2D eigenvalue weighted by molar-refractivity contribution is 0.717. The molecule has 2 rings (SSSR count). The van der Waals surface area contributed by atoms with Crippen molar-refractivity contribution in [1.82, 2.24) is 0 Å². The van der Waals surface area contributed by atoms with Crippen LogP contribution in [0.4, 0.5) is 0 Å². The lowest BCUT2D eigenvalue weighted by Crippen LogP contribution is -1.89. The highest BCUT2D eigenvalue weighted by Gasteiger charge is 2.14. The fourth-order valence-corrected chi connectivity index (χ4v) is 1.51. The van der Waals surface area contributed by atoms with E-state index in [9.17, 15) is 0 Å². The van der Waals surface area contributed by atoms with Crippen molar-refractivity contribution >= 4 is 6.21 Å². The van der Waals surface area contributed by atoms with Gasteiger partial charge in [-0.2, -0.15) is 0 Å². The van der Waals surface area contributed by atoms with Gasteiger partial charge in [-0.15, -0.1) is 0 Å². The van der Waals surface area contributed by atoms with Crippen molar-refractivity contribution in [1.29, 1.82) is 0 Å². The van der Waals surface area contributed by atoms with Gasteiger partial charge in [0.25, 0.3) is 0 Å². The Balaban J connectivity index is 2.46. The zero-order chi connectivity index (χ0) is 7.68. The van der Waals surface area contributed by atoms with E-state index in [2.05, 4.69) is 36.2 Å². The standard InChI is InChI=1S/C10H11N/c1-2-10-9-6-4-3-5-8(9)7-11-10/h3-7,10H,2H2,1H3. The van der Waals surface area contributed by atoms with Crippen LogP contribution >= 0.6 is 0 Å². The van der Waals surface area contributed by atoms with Crippen molar-refractivity contribution in [3.8, 4) is 0 Å². The molecule has 1 atom stereocenters. The number of fused-ring (bicyclic) bond motifs is 1. The van der Waals surface area contributed by atoms with E-state index in [1.165, 1.54) is 11.1 Å². The summed E-state index contributed by atoms with van der Waals surface area (Å²) in [7, 11) is 0. The molecule has 1 aliphatic rings. The smallest absolute Gasteiger partial charge is 0.0752 e. The van der Waals surface area contributed by atoms with Gasteiger partial charge >= 0.3 is 0 Å². The van der Waals surface area contributed by atoms with Gasteiger partial charge in [-0.25, -0.2) is 0 Å². The van der Waals surface area contributed by atoms with Gasteiger partial charge in [0.2, 0.25) is 0 Å². The average Bonchev–Trinajstić information content (AvgIpc) is 2.47. The summed E-state index contributed by atoms with van der Waals surface area (Å²) in [4.78, 5) is 4.40. The first-order valence-electron chi connectivity index (χ1n) is 4.04. The molecule has 0 bridgehead atoms. The summed E-state index contributed by atoms with van der Waals surface area (Å²) in [5.74, 6) is 0. The third kappa shape index (κ3) is 0.967. The van der Waals surface area contributed by atoms with Crippen LogP contribution in [-0.2, 0) is 0 Å². The monoisotopic (exact) mass is 145 g/mol. The van der Waals surface area contributed by atoms with E-state index < -0.39 is 0 Å². The Morgan fingerprint density at radius 3 is 3.00 bits per heavy atom. The molecule has 0 saturated heterocycles. The van der Waals surface area contributed by atoms with Crippen LogP contribution in [0, 0.1) is 0 Å². The normalized spacial score (nSPS) is 20.3. The van der Waals surface area contributed by atoms with Crippen molar-refractivity contribution in [2.24, 2.45) is 4.99 Å². The molecule has 1 heteroatoms. The molecular formula is C10H11N. The van der Waals surface area contributed by atoms with Gasteiger partial charge in [0.05, 0.1) is 6.04 Å². The van der Waals surface area contributed by atoms with Crippen molar-refractivity contribution in [3.63, 3.8) is 0 Å². The summed E-state index contributed by atoms with van der Waals surface area (Å²) in [5.41, 5.74) is 2.68. The molecule has 0 aromatic heterocycles. The maximum absolute atomic E-state index is 4.40. The lowest BCUT2D eigenvalue weighted by Gasteiger charge is -2.04. The Hall–Kier alpha value is -1.11. The van der Waals surface area contributed by atoms with Gasteiger partial charge < -0.3 is 0 Å². The molecule has 0 spiro atoms. The van der Waals surface area contributed by atoms with E-state index >= 15 is 0 Å². The van der Waals surface area contributed by atoms with Crippen molar-refractivity contribution in [2.75, 3.05) is 0 Å². The predicted octanol–water partition coefficient (Wildman–Crippen LogP) is 2.57. The van der Waals surface area contributed by atoms with Crippen LogP contribution in [0.5, 0.6) is 0 Å². The summed E-state index contributed by atoms with van der Waals surface area (Å²) < 4.78 is 0. The van der Waals surface area contributed by atoms with E-state index in [4.69, 9.17) is 0 Å². The van der Waals surface area contributed by atoms with Crippen LogP contribution in [0.3, 0.4) is 0 Å². The second-order valence-corrected chi connectivity index (χ2v) is 2.83. The molecule has 11 heavy (non-hydrogen) atoms. The fraction of sp³-hybridized carbons (Fsp3) is 0.300. The van der Waals surface area contributed by atoms with Crippen LogP contribution in [0.2, 0.25) is 0 Å². The highest BCUT2D eigenvalue weighted by atomic mass is 14.8. The molecule has 0 aliphatic carbocycles. The Bertz CT molecular complexity index is 289. The van der Waals surface area contributed by atoms with Crippen molar-refractivity contribution in [3.05, 3.63) is 35.4 Å². The first kappa shape index (κ1) is 6.59. The van der Waals surface area contributed by atoms with Crippen LogP contribution in [0.15, 0.2) is 29.3 Å². The Labute approximate surface area is 66.8 Å². The predicted molar refractivity (Wildman–Crippen MR) is 47.1 cm³/mol. The number of aliphatic imine (C=N–C) groups is 1. The molecule has 1 aromatic carbocycles. The molecule has 0 amide bonds. The number of nitrogens with zero attached hydrogens (tertiary/aromatic N) is 1. The summed E-state index contributed by atoms with van der Waals surface area (Å²) in [5, 5.41) is 0. The first-order valence-corrected chi connectivity index (χ1v) is 4.04. The minimum Gasteiger partial charge on any atom is -0.284 e. The van der Waals surface area contributed by atoms with Crippen LogP contribution in [0.1, 0.15) is 30.5 Å². The van der Waals surface area contributed by atoms with E-state index in [-0.39, 0.29) is 0 Å². The molecular weight excluding hydrogens is 134 g/mol. The number of hydrogen-bond acceptors (Lipinski definition) is 1. The van der Waals surface area contributed by atoms with Crippen molar-refractivity contribution < 1.29 is 0 Å². The Kier molecular flexibility index (Phi) is 1.50. The molecule has 56 valence electrons. The minimum absolute atomic E-state index is 0.422. The molecule has 0 radical (unpaired) electrons. The molecule has 1 heterocycles. The molecule has 1 aromatic rings. The second kappa shape index (κ2) is 2.50. The topological polar surface area (TPSA) is 12.4 Å². The zero-order valence-corrected chi connectivity index (χ0v) is 6.62. The van der Waals surface area contributed by atoms with E-state index in [0.29, 0.717) is 6.04 Å². The van der Waals surface area contributed by atoms with E-state index in [1.54, 1.807) is 0 Å². The second-order valence-electron chi connectivity index (χ2n) is 2.83. The Morgan fingerprint density at radius 2 is 2.18 bits per heavy atom. The molecule has 0 saturated carbocycles. The zero-order valence-electron chi connectivity index (χ0n) is 6.62. The third-order valence-electron chi connectivity index (χ3n) is 2.14. The van der Waals surface area contributed by atoms with Gasteiger partial charge in [0.15, 0.2) is 0 Å². The largest absolute Gasteiger partial charge is 0.284 e. The molecule has 0 fully saturated rings. The van der Waals surface area contributed by atoms with E-state index in [1.807, 2.05) is 6.21 Å².